The molecule has 1 rings (SSSR count). The van der Waals surface area contributed by atoms with E-state index in [1.807, 2.05) is 24.3 Å². The zero-order chi connectivity index (χ0) is 11.4. The van der Waals surface area contributed by atoms with Crippen LogP contribution in [0, 0.1) is 0 Å². The number of ether oxygens (including phenoxy) is 1. The van der Waals surface area contributed by atoms with Crippen LogP contribution < -0.4 is 10.5 Å². The highest BCUT2D eigenvalue weighted by atomic mass is 16.5. The van der Waals surface area contributed by atoms with E-state index < -0.39 is 12.0 Å². The van der Waals surface area contributed by atoms with E-state index in [1.54, 1.807) is 6.92 Å². The van der Waals surface area contributed by atoms with E-state index in [0.717, 1.165) is 11.3 Å². The molecule has 3 nitrogen and oxygen atoms in total. The largest absolute Gasteiger partial charge is 0.481 e. The first-order valence-electron chi connectivity index (χ1n) is 5.07. The van der Waals surface area contributed by atoms with Gasteiger partial charge in [0.15, 0.2) is 6.10 Å². The predicted molar refractivity (Wildman–Crippen MR) is 59.8 cm³/mol. The van der Waals surface area contributed by atoms with Crippen LogP contribution in [-0.2, 0) is 4.79 Å². The van der Waals surface area contributed by atoms with E-state index in [-0.39, 0.29) is 0 Å². The number of para-hydroxylation sites is 1. The molecule has 0 aromatic heterocycles. The molecule has 2 N–H and O–H groups in total. The summed E-state index contributed by atoms with van der Waals surface area (Å²) in [6.07, 6.45) is -0.593. The second-order valence-electron chi connectivity index (χ2n) is 3.85. The van der Waals surface area contributed by atoms with E-state index >= 15 is 0 Å². The van der Waals surface area contributed by atoms with Gasteiger partial charge in [-0.1, -0.05) is 32.0 Å². The minimum atomic E-state index is -0.593. The maximum absolute atomic E-state index is 10.9. The van der Waals surface area contributed by atoms with Crippen molar-refractivity contribution in [3.05, 3.63) is 29.8 Å². The highest BCUT2D eigenvalue weighted by molar-refractivity contribution is 5.78. The summed E-state index contributed by atoms with van der Waals surface area (Å²) in [5, 5.41) is 0. The Bertz CT molecular complexity index is 347. The lowest BCUT2D eigenvalue weighted by Gasteiger charge is -2.16. The Hall–Kier alpha value is -1.51. The van der Waals surface area contributed by atoms with Crippen LogP contribution >= 0.6 is 0 Å². The van der Waals surface area contributed by atoms with Gasteiger partial charge in [-0.05, 0) is 24.5 Å². The van der Waals surface area contributed by atoms with Crippen LogP contribution in [0.3, 0.4) is 0 Å². The maximum atomic E-state index is 10.9. The summed E-state index contributed by atoms with van der Waals surface area (Å²) >= 11 is 0. The molecule has 0 radical (unpaired) electrons. The van der Waals surface area contributed by atoms with Crippen molar-refractivity contribution < 1.29 is 9.53 Å². The van der Waals surface area contributed by atoms with E-state index in [1.165, 1.54) is 0 Å². The van der Waals surface area contributed by atoms with E-state index in [9.17, 15) is 4.79 Å². The smallest absolute Gasteiger partial charge is 0.258 e. The summed E-state index contributed by atoms with van der Waals surface area (Å²) in [6, 6.07) is 7.69. The van der Waals surface area contributed by atoms with Crippen LogP contribution in [-0.4, -0.2) is 12.0 Å². The highest BCUT2D eigenvalue weighted by Crippen LogP contribution is 2.26. The topological polar surface area (TPSA) is 52.3 Å². The second kappa shape index (κ2) is 4.82. The van der Waals surface area contributed by atoms with Crippen molar-refractivity contribution in [3.8, 4) is 5.75 Å². The van der Waals surface area contributed by atoms with Crippen molar-refractivity contribution in [3.63, 3.8) is 0 Å². The molecule has 0 aliphatic heterocycles. The summed E-state index contributed by atoms with van der Waals surface area (Å²) < 4.78 is 5.49. The van der Waals surface area contributed by atoms with Gasteiger partial charge >= 0.3 is 0 Å². The minimum Gasteiger partial charge on any atom is -0.481 e. The molecule has 82 valence electrons. The quantitative estimate of drug-likeness (QED) is 0.821. The Labute approximate surface area is 90.2 Å². The Morgan fingerprint density at radius 2 is 1.87 bits per heavy atom. The molecule has 0 saturated heterocycles. The zero-order valence-corrected chi connectivity index (χ0v) is 9.36. The molecule has 0 aliphatic carbocycles. The first-order chi connectivity index (χ1) is 7.02. The van der Waals surface area contributed by atoms with Crippen molar-refractivity contribution in [1.29, 1.82) is 0 Å². The first-order valence-corrected chi connectivity index (χ1v) is 5.07. The summed E-state index contributed by atoms with van der Waals surface area (Å²) in [4.78, 5) is 10.9. The molecule has 15 heavy (non-hydrogen) atoms. The third-order valence-corrected chi connectivity index (χ3v) is 2.25. The average Bonchev–Trinajstić information content (AvgIpc) is 2.18. The average molecular weight is 207 g/mol. The van der Waals surface area contributed by atoms with Crippen molar-refractivity contribution in [2.45, 2.75) is 32.8 Å². The lowest BCUT2D eigenvalue weighted by Crippen LogP contribution is -2.30. The van der Waals surface area contributed by atoms with Gasteiger partial charge in [-0.25, -0.2) is 0 Å². The van der Waals surface area contributed by atoms with Crippen molar-refractivity contribution in [2.75, 3.05) is 0 Å². The number of hydrogen-bond donors (Lipinski definition) is 1. The number of hydrogen-bond acceptors (Lipinski definition) is 2. The molecule has 0 spiro atoms. The van der Waals surface area contributed by atoms with E-state index in [0.29, 0.717) is 5.92 Å². The van der Waals surface area contributed by atoms with Crippen LogP contribution in [0.15, 0.2) is 24.3 Å². The molecule has 1 amide bonds. The molecule has 0 bridgehead atoms. The van der Waals surface area contributed by atoms with Crippen LogP contribution in [0.1, 0.15) is 32.3 Å². The zero-order valence-electron chi connectivity index (χ0n) is 9.36. The molecule has 1 aromatic carbocycles. The summed E-state index contributed by atoms with van der Waals surface area (Å²) in [6.45, 7) is 5.81. The monoisotopic (exact) mass is 207 g/mol. The summed E-state index contributed by atoms with van der Waals surface area (Å²) in [5.74, 6) is 0.647. The highest BCUT2D eigenvalue weighted by Gasteiger charge is 2.13. The van der Waals surface area contributed by atoms with Gasteiger partial charge < -0.3 is 10.5 Å². The van der Waals surface area contributed by atoms with Gasteiger partial charge in [-0.2, -0.15) is 0 Å². The number of rotatable bonds is 4. The fourth-order valence-electron chi connectivity index (χ4n) is 1.31. The van der Waals surface area contributed by atoms with Gasteiger partial charge in [-0.15, -0.1) is 0 Å². The Balaban J connectivity index is 2.89. The van der Waals surface area contributed by atoms with E-state index in [2.05, 4.69) is 13.8 Å². The van der Waals surface area contributed by atoms with E-state index in [4.69, 9.17) is 10.5 Å². The van der Waals surface area contributed by atoms with Gasteiger partial charge in [0.25, 0.3) is 5.91 Å². The molecule has 3 heteroatoms. The number of primary amides is 1. The van der Waals surface area contributed by atoms with Gasteiger partial charge in [0, 0.05) is 0 Å². The number of amides is 1. The van der Waals surface area contributed by atoms with Crippen molar-refractivity contribution in [2.24, 2.45) is 5.73 Å². The molecular weight excluding hydrogens is 190 g/mol. The summed E-state index contributed by atoms with van der Waals surface area (Å²) in [7, 11) is 0. The van der Waals surface area contributed by atoms with Gasteiger partial charge in [0.2, 0.25) is 0 Å². The maximum Gasteiger partial charge on any atom is 0.258 e. The standard InChI is InChI=1S/C12H17NO2/c1-8(2)10-6-4-5-7-11(10)15-9(3)12(13)14/h4-9H,1-3H3,(H2,13,14). The molecule has 1 aromatic rings. The fourth-order valence-corrected chi connectivity index (χ4v) is 1.31. The Kier molecular flexibility index (Phi) is 3.72. The van der Waals surface area contributed by atoms with Crippen molar-refractivity contribution >= 4 is 5.91 Å². The number of carbonyl (C=O) groups excluding carboxylic acids is 1. The number of carbonyl (C=O) groups is 1. The van der Waals surface area contributed by atoms with Crippen LogP contribution in [0.4, 0.5) is 0 Å². The number of benzene rings is 1. The lowest BCUT2D eigenvalue weighted by molar-refractivity contribution is -0.124. The van der Waals surface area contributed by atoms with Gasteiger partial charge in [0.1, 0.15) is 5.75 Å². The third-order valence-electron chi connectivity index (χ3n) is 2.25. The molecular formula is C12H17NO2. The van der Waals surface area contributed by atoms with Gasteiger partial charge in [0.05, 0.1) is 0 Å². The lowest BCUT2D eigenvalue weighted by atomic mass is 10.0. The molecule has 0 heterocycles. The summed E-state index contributed by atoms with van der Waals surface area (Å²) in [5.41, 5.74) is 6.23. The second-order valence-corrected chi connectivity index (χ2v) is 3.85. The molecule has 1 unspecified atom stereocenters. The third kappa shape index (κ3) is 2.98. The number of nitrogens with two attached hydrogens (primary N) is 1. The molecule has 0 saturated carbocycles. The van der Waals surface area contributed by atoms with Crippen LogP contribution in [0.2, 0.25) is 0 Å². The fraction of sp³-hybridized carbons (Fsp3) is 0.417. The Morgan fingerprint density at radius 3 is 2.40 bits per heavy atom. The van der Waals surface area contributed by atoms with Crippen molar-refractivity contribution in [1.82, 2.24) is 0 Å². The molecule has 0 fully saturated rings. The van der Waals surface area contributed by atoms with Gasteiger partial charge in [-0.3, -0.25) is 4.79 Å². The minimum absolute atomic E-state index is 0.362. The molecule has 1 atom stereocenters. The first kappa shape index (κ1) is 11.6. The SMILES string of the molecule is CC(Oc1ccccc1C(C)C)C(N)=O. The van der Waals surface area contributed by atoms with Crippen LogP contribution in [0.5, 0.6) is 5.75 Å². The normalized spacial score (nSPS) is 12.5. The molecule has 0 aliphatic rings. The van der Waals surface area contributed by atoms with Crippen LogP contribution in [0.25, 0.3) is 0 Å². The Morgan fingerprint density at radius 1 is 1.27 bits per heavy atom. The predicted octanol–water partition coefficient (Wildman–Crippen LogP) is 2.06.